The summed E-state index contributed by atoms with van der Waals surface area (Å²) < 4.78 is 38.3. The third kappa shape index (κ3) is 2.24. The smallest absolute Gasteiger partial charge is 0.358 e. The molecule has 0 aliphatic carbocycles. The van der Waals surface area contributed by atoms with Crippen LogP contribution in [0.3, 0.4) is 0 Å². The minimum absolute atomic E-state index is 0.00856. The van der Waals surface area contributed by atoms with E-state index in [4.69, 9.17) is 0 Å². The lowest BCUT2D eigenvalue weighted by atomic mass is 10.0. The molecule has 0 bridgehead atoms. The number of benzene rings is 3. The van der Waals surface area contributed by atoms with Crippen LogP contribution in [0.25, 0.3) is 21.5 Å². The first-order valence-corrected chi connectivity index (χ1v) is 6.90. The van der Waals surface area contributed by atoms with E-state index in [2.05, 4.69) is 4.18 Å². The monoisotopic (exact) mass is 276 g/mol. The van der Waals surface area contributed by atoms with Crippen molar-refractivity contribution in [2.75, 3.05) is 0 Å². The minimum Gasteiger partial charge on any atom is -0.358 e. The largest absolute Gasteiger partial charge is 0.488 e. The number of halogens is 1. The second kappa shape index (κ2) is 4.20. The molecule has 3 aromatic carbocycles. The lowest BCUT2D eigenvalue weighted by molar-refractivity contribution is 0.442. The molecule has 3 nitrogen and oxygen atoms in total. The van der Waals surface area contributed by atoms with E-state index in [1.807, 2.05) is 36.4 Å². The highest BCUT2D eigenvalue weighted by Crippen LogP contribution is 2.32. The zero-order chi connectivity index (χ0) is 13.5. The van der Waals surface area contributed by atoms with Crippen LogP contribution in [0.5, 0.6) is 5.75 Å². The highest BCUT2D eigenvalue weighted by Gasteiger charge is 2.13. The van der Waals surface area contributed by atoms with Crippen molar-refractivity contribution < 1.29 is 16.5 Å². The first-order chi connectivity index (χ1) is 9.04. The van der Waals surface area contributed by atoms with Crippen molar-refractivity contribution in [1.82, 2.24) is 0 Å². The van der Waals surface area contributed by atoms with Gasteiger partial charge >= 0.3 is 10.5 Å². The number of hydrogen-bond acceptors (Lipinski definition) is 3. The number of fused-ring (bicyclic) bond motifs is 3. The fraction of sp³-hybridized carbons (Fsp3) is 0. The van der Waals surface area contributed by atoms with Crippen LogP contribution in [0.1, 0.15) is 0 Å². The molecule has 0 N–H and O–H groups in total. The summed E-state index contributed by atoms with van der Waals surface area (Å²) >= 11 is 0. The highest BCUT2D eigenvalue weighted by molar-refractivity contribution is 7.81. The van der Waals surface area contributed by atoms with Gasteiger partial charge < -0.3 is 4.18 Å². The number of rotatable bonds is 2. The Morgan fingerprint density at radius 2 is 1.53 bits per heavy atom. The van der Waals surface area contributed by atoms with Crippen LogP contribution in [0.2, 0.25) is 0 Å². The fourth-order valence-corrected chi connectivity index (χ4v) is 2.55. The molecule has 0 fully saturated rings. The average Bonchev–Trinajstić information content (AvgIpc) is 2.37. The Hall–Kier alpha value is -2.14. The molecule has 0 spiro atoms. The van der Waals surface area contributed by atoms with Crippen molar-refractivity contribution >= 4 is 32.0 Å². The Labute approximate surface area is 109 Å². The molecule has 0 saturated carbocycles. The molecule has 0 radical (unpaired) electrons. The normalized spacial score (nSPS) is 11.8. The van der Waals surface area contributed by atoms with Crippen LogP contribution in [-0.4, -0.2) is 8.42 Å². The summed E-state index contributed by atoms with van der Waals surface area (Å²) in [4.78, 5) is 0. The Bertz CT molecular complexity index is 872. The van der Waals surface area contributed by atoms with E-state index in [-0.39, 0.29) is 5.75 Å². The summed E-state index contributed by atoms with van der Waals surface area (Å²) in [6.07, 6.45) is 0. The maximum absolute atomic E-state index is 12.7. The topological polar surface area (TPSA) is 43.4 Å². The summed E-state index contributed by atoms with van der Waals surface area (Å²) in [6.45, 7) is 0. The lowest BCUT2D eigenvalue weighted by Gasteiger charge is -2.07. The van der Waals surface area contributed by atoms with Crippen LogP contribution in [0.15, 0.2) is 54.6 Å². The van der Waals surface area contributed by atoms with Crippen molar-refractivity contribution in [2.45, 2.75) is 0 Å². The quantitative estimate of drug-likeness (QED) is 0.530. The van der Waals surface area contributed by atoms with Gasteiger partial charge in [0.15, 0.2) is 5.75 Å². The summed E-state index contributed by atoms with van der Waals surface area (Å²) in [6, 6.07) is 16.1. The third-order valence-electron chi connectivity index (χ3n) is 2.94. The molecule has 3 rings (SSSR count). The lowest BCUT2D eigenvalue weighted by Crippen LogP contribution is -2.01. The summed E-state index contributed by atoms with van der Waals surface area (Å²) in [5, 5.41) is 3.36. The van der Waals surface area contributed by atoms with Crippen LogP contribution >= 0.6 is 0 Å². The van der Waals surface area contributed by atoms with Gasteiger partial charge in [-0.2, -0.15) is 8.42 Å². The zero-order valence-electron chi connectivity index (χ0n) is 9.71. The average molecular weight is 276 g/mol. The standard InChI is InChI=1S/C14H9FO3S/c15-19(16,17)18-14-7-3-6-12-11-5-2-1-4-10(11)8-9-13(12)14/h1-9H. The molecule has 0 aliphatic heterocycles. The second-order valence-electron chi connectivity index (χ2n) is 4.11. The molecule has 0 aromatic heterocycles. The Balaban J connectivity index is 2.35. The van der Waals surface area contributed by atoms with Crippen molar-refractivity contribution in [3.8, 4) is 5.75 Å². The first-order valence-electron chi connectivity index (χ1n) is 5.59. The van der Waals surface area contributed by atoms with E-state index in [1.54, 1.807) is 12.1 Å². The van der Waals surface area contributed by atoms with Crippen LogP contribution in [0, 0.1) is 0 Å². The van der Waals surface area contributed by atoms with Crippen molar-refractivity contribution in [3.63, 3.8) is 0 Å². The molecular formula is C14H9FO3S. The molecule has 5 heteroatoms. The van der Waals surface area contributed by atoms with Crippen LogP contribution < -0.4 is 4.18 Å². The predicted molar refractivity (Wildman–Crippen MR) is 72.1 cm³/mol. The van der Waals surface area contributed by atoms with Gasteiger partial charge in [-0.25, -0.2) is 0 Å². The summed E-state index contributed by atoms with van der Waals surface area (Å²) in [7, 11) is -5.02. The first kappa shape index (κ1) is 11.9. The second-order valence-corrected chi connectivity index (χ2v) is 5.07. The molecule has 0 atom stereocenters. The minimum atomic E-state index is -5.02. The molecule has 96 valence electrons. The van der Waals surface area contributed by atoms with Crippen molar-refractivity contribution in [1.29, 1.82) is 0 Å². The Kier molecular flexibility index (Phi) is 2.64. The Morgan fingerprint density at radius 3 is 2.32 bits per heavy atom. The highest BCUT2D eigenvalue weighted by atomic mass is 32.3. The molecule has 0 aliphatic rings. The van der Waals surface area contributed by atoms with E-state index in [0.717, 1.165) is 16.2 Å². The van der Waals surface area contributed by atoms with Gasteiger partial charge in [-0.05, 0) is 28.3 Å². The predicted octanol–water partition coefficient (Wildman–Crippen LogP) is 3.59. The number of hydrogen-bond donors (Lipinski definition) is 0. The van der Waals surface area contributed by atoms with Gasteiger partial charge in [0, 0.05) is 5.39 Å². The molecule has 0 saturated heterocycles. The van der Waals surface area contributed by atoms with Gasteiger partial charge in [0.2, 0.25) is 0 Å². The van der Waals surface area contributed by atoms with Crippen molar-refractivity contribution in [3.05, 3.63) is 54.6 Å². The van der Waals surface area contributed by atoms with E-state index >= 15 is 0 Å². The van der Waals surface area contributed by atoms with Gasteiger partial charge in [-0.1, -0.05) is 46.4 Å². The van der Waals surface area contributed by atoms with Gasteiger partial charge in [0.25, 0.3) is 0 Å². The van der Waals surface area contributed by atoms with E-state index < -0.39 is 10.5 Å². The van der Waals surface area contributed by atoms with E-state index in [0.29, 0.717) is 5.39 Å². The van der Waals surface area contributed by atoms with Crippen LogP contribution in [0.4, 0.5) is 3.89 Å². The maximum Gasteiger partial charge on any atom is 0.488 e. The molecular weight excluding hydrogens is 267 g/mol. The van der Waals surface area contributed by atoms with Gasteiger partial charge in [0.1, 0.15) is 0 Å². The fourth-order valence-electron chi connectivity index (χ4n) is 2.19. The summed E-state index contributed by atoms with van der Waals surface area (Å²) in [5.41, 5.74) is 0. The maximum atomic E-state index is 12.7. The van der Waals surface area contributed by atoms with Gasteiger partial charge in [0.05, 0.1) is 0 Å². The summed E-state index contributed by atoms with van der Waals surface area (Å²) in [5.74, 6) is -0.00856. The third-order valence-corrected chi connectivity index (χ3v) is 3.31. The zero-order valence-corrected chi connectivity index (χ0v) is 10.5. The SMILES string of the molecule is O=S(=O)(F)Oc1cccc2c1ccc1ccccc12. The molecule has 19 heavy (non-hydrogen) atoms. The van der Waals surface area contributed by atoms with E-state index in [1.165, 1.54) is 6.07 Å². The molecule has 0 heterocycles. The molecule has 0 amide bonds. The van der Waals surface area contributed by atoms with Gasteiger partial charge in [-0.15, -0.1) is 0 Å². The van der Waals surface area contributed by atoms with E-state index in [9.17, 15) is 12.3 Å². The van der Waals surface area contributed by atoms with Crippen LogP contribution in [-0.2, 0) is 10.5 Å². The van der Waals surface area contributed by atoms with Gasteiger partial charge in [-0.3, -0.25) is 0 Å². The van der Waals surface area contributed by atoms with Crippen molar-refractivity contribution in [2.24, 2.45) is 0 Å². The molecule has 3 aromatic rings. The molecule has 0 unspecified atom stereocenters. The Morgan fingerprint density at radius 1 is 0.789 bits per heavy atom.